The highest BCUT2D eigenvalue weighted by Gasteiger charge is 2.36. The summed E-state index contributed by atoms with van der Waals surface area (Å²) in [6, 6.07) is 46.5. The molecule has 92 heavy (non-hydrogen) atoms. The Hall–Kier alpha value is -10.6. The van der Waals surface area contributed by atoms with Crippen LogP contribution < -0.4 is 60.3 Å². The number of carbonyl (C=O) groups is 5. The van der Waals surface area contributed by atoms with Gasteiger partial charge in [0.25, 0.3) is 5.69 Å². The van der Waals surface area contributed by atoms with Gasteiger partial charge in [0.2, 0.25) is 29.5 Å². The van der Waals surface area contributed by atoms with Crippen LogP contribution in [-0.4, -0.2) is 88.6 Å². The van der Waals surface area contributed by atoms with Gasteiger partial charge in [-0.25, -0.2) is 0 Å². The van der Waals surface area contributed by atoms with Gasteiger partial charge in [0.1, 0.15) is 29.6 Å². The van der Waals surface area contributed by atoms with Crippen LogP contribution in [0.4, 0.5) is 28.4 Å². The van der Waals surface area contributed by atoms with Crippen molar-refractivity contribution in [3.8, 4) is 40.6 Å². The standard InChI is InChI=1S/C25H29N3O4.C24H23N3O5.C22H26N2O4/c1-31-21-10-11-22(23(16-21)32-13-6-4-2-3-5-12-26)19-15-24(29)28(17-19)20-9-7-8-18(14-20)25(27)30;1-31-22-10-7-17(11-23(22)32-15-16-5-8-20(9-6-16)27(29)30)18-12-24(28)26(14-18)21-4-2-3-19(25)13-21;1-3-4-10-28-20-13-18(27-2)8-9-19(20)16-12-21(25)24(14-16)17-7-5-6-15(11-17)22(23)26/h7-11,14,16,19H,2-6,13,15,17H2,1H3,(H2,27,30);2-11,13,18H,12,14-15,25H2,1H3;5-9,11,13,16H,3-4,10,12,14H2,1-2H3,(H2,23,26)/t;18-;/m.0./s1. The van der Waals surface area contributed by atoms with Crippen molar-refractivity contribution >= 4 is 58.0 Å². The number of benzene rings is 7. The number of non-ortho nitro benzene ring substituents is 1. The number of unbranched alkanes of at least 4 members (excludes halogenated alkanes) is 5. The van der Waals surface area contributed by atoms with E-state index in [9.17, 15) is 34.1 Å². The van der Waals surface area contributed by atoms with Crippen LogP contribution in [0.3, 0.4) is 0 Å². The molecule has 3 saturated heterocycles. The van der Waals surface area contributed by atoms with Crippen molar-refractivity contribution < 1.29 is 57.3 Å². The molecule has 0 saturated carbocycles. The number of nitriles is 1. The molecular formula is C71H78N8O13. The largest absolute Gasteiger partial charge is 0.497 e. The van der Waals surface area contributed by atoms with Crippen LogP contribution in [0.15, 0.2) is 152 Å². The summed E-state index contributed by atoms with van der Waals surface area (Å²) < 4.78 is 34.1. The fourth-order valence-electron chi connectivity index (χ4n) is 11.2. The molecule has 3 fully saturated rings. The van der Waals surface area contributed by atoms with Crippen molar-refractivity contribution in [1.29, 1.82) is 5.26 Å². The Morgan fingerprint density at radius 2 is 1.05 bits per heavy atom. The Morgan fingerprint density at radius 1 is 0.554 bits per heavy atom. The molecule has 0 aromatic heterocycles. The lowest BCUT2D eigenvalue weighted by Gasteiger charge is -2.19. The zero-order chi connectivity index (χ0) is 65.7. The number of hydrogen-bond acceptors (Lipinski definition) is 15. The van der Waals surface area contributed by atoms with Crippen molar-refractivity contribution in [3.05, 3.63) is 195 Å². The summed E-state index contributed by atoms with van der Waals surface area (Å²) >= 11 is 0. The second-order valence-electron chi connectivity index (χ2n) is 22.4. The first-order chi connectivity index (χ1) is 44.5. The summed E-state index contributed by atoms with van der Waals surface area (Å²) in [7, 11) is 4.80. The summed E-state index contributed by atoms with van der Waals surface area (Å²) in [5.41, 5.74) is 23.9. The van der Waals surface area contributed by atoms with Crippen molar-refractivity contribution in [2.24, 2.45) is 11.5 Å². The third kappa shape index (κ3) is 17.8. The van der Waals surface area contributed by atoms with E-state index in [4.69, 9.17) is 50.9 Å². The summed E-state index contributed by atoms with van der Waals surface area (Å²) in [6.07, 6.45) is 7.57. The number of hydrogen-bond donors (Lipinski definition) is 3. The summed E-state index contributed by atoms with van der Waals surface area (Å²) in [5.74, 6) is 3.07. The SMILES string of the molecule is CCCCOc1cc(OC)ccc1C1CC(=O)N(c2cccc(C(N)=O)c2)C1.COc1ccc(C2CC(=O)N(c3cccc(C(N)=O)c3)C2)c(OCCCCCCC#N)c1.COc1ccc([C@H]2CC(=O)N(c3cccc(N)c3)C2)cc1OCc1ccc([N+](=O)[O-])cc1. The smallest absolute Gasteiger partial charge is 0.269 e. The van der Waals surface area contributed by atoms with Crippen LogP contribution in [0, 0.1) is 21.4 Å². The van der Waals surface area contributed by atoms with E-state index in [-0.39, 0.29) is 47.8 Å². The molecule has 0 aliphatic carbocycles. The predicted octanol–water partition coefficient (Wildman–Crippen LogP) is 11.9. The molecule has 3 aliphatic rings. The lowest BCUT2D eigenvalue weighted by atomic mass is 9.97. The van der Waals surface area contributed by atoms with Crippen molar-refractivity contribution in [2.45, 2.75) is 95.5 Å². The predicted molar refractivity (Wildman–Crippen MR) is 351 cm³/mol. The quantitative estimate of drug-likeness (QED) is 0.0196. The number of methoxy groups -OCH3 is 3. The van der Waals surface area contributed by atoms with Gasteiger partial charge in [0.15, 0.2) is 11.5 Å². The maximum Gasteiger partial charge on any atom is 0.269 e. The van der Waals surface area contributed by atoms with E-state index >= 15 is 0 Å². The number of primary amides is 2. The molecule has 21 nitrogen and oxygen atoms in total. The summed E-state index contributed by atoms with van der Waals surface area (Å²) in [5, 5.41) is 19.4. The highest BCUT2D eigenvalue weighted by molar-refractivity contribution is 6.01. The molecule has 5 amide bonds. The minimum Gasteiger partial charge on any atom is -0.497 e. The number of nitrogens with two attached hydrogens (primary N) is 3. The molecule has 2 unspecified atom stereocenters. The van der Waals surface area contributed by atoms with E-state index in [0.717, 1.165) is 83.7 Å². The number of amides is 5. The van der Waals surface area contributed by atoms with E-state index < -0.39 is 16.7 Å². The molecule has 480 valence electrons. The molecule has 0 spiro atoms. The van der Waals surface area contributed by atoms with Gasteiger partial charge in [-0.05, 0) is 133 Å². The number of nitro benzene ring substituents is 1. The topological polar surface area (TPSA) is 295 Å². The van der Waals surface area contributed by atoms with Gasteiger partial charge in [-0.1, -0.05) is 62.6 Å². The van der Waals surface area contributed by atoms with Crippen molar-refractivity contribution in [1.82, 2.24) is 0 Å². The normalized spacial score (nSPS) is 15.8. The van der Waals surface area contributed by atoms with E-state index in [1.165, 1.54) is 12.1 Å². The van der Waals surface area contributed by atoms with Crippen LogP contribution in [-0.2, 0) is 21.0 Å². The molecule has 10 rings (SSSR count). The van der Waals surface area contributed by atoms with Crippen LogP contribution in [0.2, 0.25) is 0 Å². The first kappa shape index (κ1) is 67.3. The third-order valence-electron chi connectivity index (χ3n) is 16.2. The average Bonchev–Trinajstić information content (AvgIpc) is 4.44. The number of ether oxygens (including phenoxy) is 6. The van der Waals surface area contributed by atoms with Gasteiger partial charge in [-0.15, -0.1) is 0 Å². The Bertz CT molecular complexity index is 3780. The van der Waals surface area contributed by atoms with E-state index in [0.29, 0.717) is 104 Å². The minimum absolute atomic E-state index is 0.00381. The highest BCUT2D eigenvalue weighted by atomic mass is 16.6. The molecule has 0 radical (unpaired) electrons. The van der Waals surface area contributed by atoms with Gasteiger partial charge in [-0.2, -0.15) is 5.26 Å². The molecule has 3 atom stereocenters. The zero-order valence-electron chi connectivity index (χ0n) is 52.3. The molecule has 6 N–H and O–H groups in total. The minimum atomic E-state index is -0.520. The second kappa shape index (κ2) is 32.7. The number of nitrogen functional groups attached to an aromatic ring is 1. The maximum absolute atomic E-state index is 12.8. The van der Waals surface area contributed by atoms with Crippen molar-refractivity contribution in [2.75, 3.05) is 74.6 Å². The van der Waals surface area contributed by atoms with Crippen LogP contribution in [0.5, 0.6) is 34.5 Å². The number of carbonyl (C=O) groups excluding carboxylic acids is 5. The fourth-order valence-corrected chi connectivity index (χ4v) is 11.2. The van der Waals surface area contributed by atoms with Crippen LogP contribution in [0.25, 0.3) is 0 Å². The lowest BCUT2D eigenvalue weighted by molar-refractivity contribution is -0.384. The van der Waals surface area contributed by atoms with Gasteiger partial charge in [0, 0.05) is 121 Å². The number of nitrogens with zero attached hydrogens (tertiary/aromatic N) is 5. The molecular weight excluding hydrogens is 1170 g/mol. The molecule has 3 heterocycles. The fraction of sp³-hybridized carbons (Fsp3) is 0.324. The van der Waals surface area contributed by atoms with Gasteiger partial charge in [-0.3, -0.25) is 34.1 Å². The lowest BCUT2D eigenvalue weighted by Crippen LogP contribution is -2.25. The first-order valence-corrected chi connectivity index (χ1v) is 30.6. The van der Waals surface area contributed by atoms with Crippen molar-refractivity contribution in [3.63, 3.8) is 0 Å². The monoisotopic (exact) mass is 1250 g/mol. The molecule has 7 aromatic rings. The highest BCUT2D eigenvalue weighted by Crippen LogP contribution is 2.41. The Labute approximate surface area is 535 Å². The number of nitro groups is 1. The zero-order valence-corrected chi connectivity index (χ0v) is 52.3. The molecule has 21 heteroatoms. The molecule has 3 aliphatic heterocycles. The van der Waals surface area contributed by atoms with Crippen LogP contribution in [0.1, 0.15) is 132 Å². The number of anilines is 4. The van der Waals surface area contributed by atoms with Gasteiger partial charge < -0.3 is 60.3 Å². The van der Waals surface area contributed by atoms with Crippen LogP contribution >= 0.6 is 0 Å². The Morgan fingerprint density at radius 3 is 1.54 bits per heavy atom. The maximum atomic E-state index is 12.8. The van der Waals surface area contributed by atoms with E-state index in [2.05, 4.69) is 13.0 Å². The summed E-state index contributed by atoms with van der Waals surface area (Å²) in [4.78, 5) is 76.6. The van der Waals surface area contributed by atoms with E-state index in [1.54, 1.807) is 96.7 Å². The second-order valence-corrected chi connectivity index (χ2v) is 22.4. The van der Waals surface area contributed by atoms with Gasteiger partial charge in [0.05, 0.1) is 45.5 Å². The Balaban J connectivity index is 0.000000178. The molecule has 7 aromatic carbocycles. The average molecular weight is 1250 g/mol. The number of rotatable bonds is 26. The molecule has 0 bridgehead atoms. The van der Waals surface area contributed by atoms with E-state index in [1.807, 2.05) is 78.9 Å². The first-order valence-electron chi connectivity index (χ1n) is 30.6. The summed E-state index contributed by atoms with van der Waals surface area (Å²) in [6.45, 7) is 5.12. The van der Waals surface area contributed by atoms with Gasteiger partial charge >= 0.3 is 0 Å². The third-order valence-corrected chi connectivity index (χ3v) is 16.2. The Kier molecular flexibility index (Phi) is 24.0.